The number of thioether (sulfide) groups is 1. The fourth-order valence-corrected chi connectivity index (χ4v) is 6.01. The lowest BCUT2D eigenvalue weighted by atomic mass is 10.2. The molecular formula is C22H24N4O2S2. The summed E-state index contributed by atoms with van der Waals surface area (Å²) >= 11 is 6.84. The van der Waals surface area contributed by atoms with Crippen molar-refractivity contribution in [3.8, 4) is 0 Å². The molecule has 3 fully saturated rings. The van der Waals surface area contributed by atoms with E-state index in [-0.39, 0.29) is 17.5 Å². The number of rotatable bonds is 3. The molecule has 6 nitrogen and oxygen atoms in total. The number of aromatic nitrogens is 2. The monoisotopic (exact) mass is 440 g/mol. The van der Waals surface area contributed by atoms with Crippen LogP contribution < -0.4 is 10.5 Å². The van der Waals surface area contributed by atoms with E-state index >= 15 is 0 Å². The number of anilines is 1. The van der Waals surface area contributed by atoms with E-state index in [1.807, 2.05) is 19.1 Å². The summed E-state index contributed by atoms with van der Waals surface area (Å²) < 4.78 is 2.18. The molecule has 2 aromatic rings. The van der Waals surface area contributed by atoms with Crippen molar-refractivity contribution in [1.29, 1.82) is 0 Å². The van der Waals surface area contributed by atoms with E-state index in [0.29, 0.717) is 26.3 Å². The normalized spacial score (nSPS) is 21.7. The van der Waals surface area contributed by atoms with E-state index in [4.69, 9.17) is 17.2 Å². The number of hydrogen-bond donors (Lipinski definition) is 0. The van der Waals surface area contributed by atoms with Crippen LogP contribution in [0.15, 0.2) is 28.0 Å². The van der Waals surface area contributed by atoms with Gasteiger partial charge in [-0.1, -0.05) is 42.9 Å². The van der Waals surface area contributed by atoms with Crippen LogP contribution in [0.25, 0.3) is 11.7 Å². The van der Waals surface area contributed by atoms with Crippen LogP contribution in [-0.4, -0.2) is 43.6 Å². The van der Waals surface area contributed by atoms with Crippen LogP contribution in [-0.2, 0) is 4.79 Å². The van der Waals surface area contributed by atoms with Crippen molar-refractivity contribution >= 4 is 51.7 Å². The quantitative estimate of drug-likeness (QED) is 0.535. The lowest BCUT2D eigenvalue weighted by Crippen LogP contribution is -2.36. The highest BCUT2D eigenvalue weighted by Gasteiger charge is 2.38. The number of carbonyl (C=O) groups is 1. The Labute approximate surface area is 185 Å². The van der Waals surface area contributed by atoms with E-state index in [1.54, 1.807) is 21.6 Å². The molecule has 0 aromatic carbocycles. The molecule has 4 heterocycles. The summed E-state index contributed by atoms with van der Waals surface area (Å²) in [7, 11) is 0. The Morgan fingerprint density at radius 3 is 2.60 bits per heavy atom. The molecule has 0 spiro atoms. The number of hydrogen-bond acceptors (Lipinski definition) is 6. The SMILES string of the molecule is Cc1ccc2nc(N3CCCC3)c(C=C3SC(=S)N(C4CCCC4)C3=O)c(=O)n2c1. The standard InChI is InChI=1S/C22H24N4O2S2/c1-14-8-9-18-23-19(24-10-4-5-11-24)16(20(27)25(18)13-14)12-17-21(28)26(22(29)30-17)15-6-2-3-7-15/h8-9,12-13,15H,2-7,10-11H2,1H3. The van der Waals surface area contributed by atoms with Gasteiger partial charge < -0.3 is 4.90 Å². The average molecular weight is 441 g/mol. The van der Waals surface area contributed by atoms with Crippen molar-refractivity contribution in [3.63, 3.8) is 0 Å². The van der Waals surface area contributed by atoms with Gasteiger partial charge in [-0.05, 0) is 50.3 Å². The van der Waals surface area contributed by atoms with E-state index < -0.39 is 0 Å². The summed E-state index contributed by atoms with van der Waals surface area (Å²) in [5.41, 5.74) is 1.95. The third-order valence-electron chi connectivity index (χ3n) is 6.18. The molecular weight excluding hydrogens is 416 g/mol. The summed E-state index contributed by atoms with van der Waals surface area (Å²) in [5.74, 6) is 0.602. The Bertz CT molecular complexity index is 1130. The highest BCUT2D eigenvalue weighted by Crippen LogP contribution is 2.38. The first-order valence-corrected chi connectivity index (χ1v) is 11.8. The van der Waals surface area contributed by atoms with Crippen molar-refractivity contribution in [1.82, 2.24) is 14.3 Å². The van der Waals surface area contributed by atoms with Gasteiger partial charge in [-0.15, -0.1) is 0 Å². The molecule has 2 aromatic heterocycles. The first-order valence-electron chi connectivity index (χ1n) is 10.6. The molecule has 0 radical (unpaired) electrons. The van der Waals surface area contributed by atoms with Gasteiger partial charge in [0.05, 0.1) is 10.5 Å². The minimum absolute atomic E-state index is 0.0713. The number of thiocarbonyl (C=S) groups is 1. The zero-order valence-corrected chi connectivity index (χ0v) is 18.6. The molecule has 0 N–H and O–H groups in total. The maximum Gasteiger partial charge on any atom is 0.267 e. The second-order valence-electron chi connectivity index (χ2n) is 8.27. The van der Waals surface area contributed by atoms with Crippen LogP contribution in [0.5, 0.6) is 0 Å². The van der Waals surface area contributed by atoms with Gasteiger partial charge in [0.1, 0.15) is 15.8 Å². The van der Waals surface area contributed by atoms with Crippen molar-refractivity contribution in [3.05, 3.63) is 44.7 Å². The molecule has 30 heavy (non-hydrogen) atoms. The second kappa shape index (κ2) is 7.81. The van der Waals surface area contributed by atoms with E-state index in [1.165, 1.54) is 11.8 Å². The number of nitrogens with zero attached hydrogens (tertiary/aromatic N) is 4. The lowest BCUT2D eigenvalue weighted by Gasteiger charge is -2.22. The molecule has 3 aliphatic rings. The number of aryl methyl sites for hydroxylation is 1. The van der Waals surface area contributed by atoms with Gasteiger partial charge in [0.2, 0.25) is 0 Å². The summed E-state index contributed by atoms with van der Waals surface area (Å²) in [5, 5.41) is 0. The molecule has 0 unspecified atom stereocenters. The van der Waals surface area contributed by atoms with Gasteiger partial charge >= 0.3 is 0 Å². The van der Waals surface area contributed by atoms with Crippen molar-refractivity contribution < 1.29 is 4.79 Å². The first-order chi connectivity index (χ1) is 14.5. The maximum absolute atomic E-state index is 13.5. The fraction of sp³-hybridized carbons (Fsp3) is 0.455. The minimum Gasteiger partial charge on any atom is -0.356 e. The smallest absolute Gasteiger partial charge is 0.267 e. The molecule has 8 heteroatoms. The number of amides is 1. The average Bonchev–Trinajstić information content (AvgIpc) is 3.47. The Balaban J connectivity index is 1.63. The molecule has 1 saturated carbocycles. The van der Waals surface area contributed by atoms with Crippen LogP contribution >= 0.6 is 24.0 Å². The minimum atomic E-state index is -0.142. The van der Waals surface area contributed by atoms with Crippen molar-refractivity contribution in [2.75, 3.05) is 18.0 Å². The van der Waals surface area contributed by atoms with Crippen LogP contribution in [0.1, 0.15) is 49.7 Å². The Hall–Kier alpha value is -2.19. The zero-order valence-electron chi connectivity index (χ0n) is 17.0. The second-order valence-corrected chi connectivity index (χ2v) is 9.95. The molecule has 1 amide bonds. The lowest BCUT2D eigenvalue weighted by molar-refractivity contribution is -0.123. The molecule has 0 bridgehead atoms. The molecule has 0 atom stereocenters. The molecule has 1 aliphatic carbocycles. The predicted molar refractivity (Wildman–Crippen MR) is 125 cm³/mol. The van der Waals surface area contributed by atoms with Crippen LogP contribution in [0.4, 0.5) is 5.82 Å². The Kier molecular flexibility index (Phi) is 5.14. The number of pyridine rings is 1. The molecule has 5 rings (SSSR count). The van der Waals surface area contributed by atoms with Crippen molar-refractivity contribution in [2.24, 2.45) is 0 Å². The van der Waals surface area contributed by atoms with Gasteiger partial charge in [-0.25, -0.2) is 4.98 Å². The van der Waals surface area contributed by atoms with E-state index in [9.17, 15) is 9.59 Å². The van der Waals surface area contributed by atoms with Gasteiger partial charge in [0, 0.05) is 25.3 Å². The predicted octanol–water partition coefficient (Wildman–Crippen LogP) is 3.75. The van der Waals surface area contributed by atoms with Gasteiger partial charge in [0.25, 0.3) is 11.5 Å². The Morgan fingerprint density at radius 1 is 1.13 bits per heavy atom. The first kappa shape index (κ1) is 19.8. The third kappa shape index (κ3) is 3.36. The highest BCUT2D eigenvalue weighted by molar-refractivity contribution is 8.26. The molecule has 2 saturated heterocycles. The largest absolute Gasteiger partial charge is 0.356 e. The fourth-order valence-electron chi connectivity index (χ4n) is 4.63. The van der Waals surface area contributed by atoms with Gasteiger partial charge in [-0.3, -0.25) is 18.9 Å². The number of carbonyl (C=O) groups excluding carboxylic acids is 1. The number of fused-ring (bicyclic) bond motifs is 1. The van der Waals surface area contributed by atoms with Crippen LogP contribution in [0.3, 0.4) is 0 Å². The molecule has 2 aliphatic heterocycles. The summed E-state index contributed by atoms with van der Waals surface area (Å²) in [4.78, 5) is 35.9. The highest BCUT2D eigenvalue weighted by atomic mass is 32.2. The van der Waals surface area contributed by atoms with E-state index in [0.717, 1.165) is 57.2 Å². The topological polar surface area (TPSA) is 57.9 Å². The zero-order chi connectivity index (χ0) is 20.8. The van der Waals surface area contributed by atoms with Gasteiger partial charge in [0.15, 0.2) is 0 Å². The summed E-state index contributed by atoms with van der Waals surface area (Å²) in [6.07, 6.45) is 9.96. The summed E-state index contributed by atoms with van der Waals surface area (Å²) in [6, 6.07) is 4.03. The molecule has 156 valence electrons. The van der Waals surface area contributed by atoms with E-state index in [2.05, 4.69) is 4.90 Å². The summed E-state index contributed by atoms with van der Waals surface area (Å²) in [6.45, 7) is 3.70. The van der Waals surface area contributed by atoms with Crippen LogP contribution in [0, 0.1) is 6.92 Å². The van der Waals surface area contributed by atoms with Gasteiger partial charge in [-0.2, -0.15) is 0 Å². The maximum atomic E-state index is 13.5. The van der Waals surface area contributed by atoms with Crippen LogP contribution in [0.2, 0.25) is 0 Å². The van der Waals surface area contributed by atoms with Crippen molar-refractivity contribution in [2.45, 2.75) is 51.5 Å². The third-order valence-corrected chi connectivity index (χ3v) is 7.51. The Morgan fingerprint density at radius 2 is 1.87 bits per heavy atom.